The highest BCUT2D eigenvalue weighted by atomic mass is 16.2. The highest BCUT2D eigenvalue weighted by Gasteiger charge is 2.31. The molecular formula is C15H27N3O2. The van der Waals surface area contributed by atoms with Crippen LogP contribution in [0, 0.1) is 11.8 Å². The van der Waals surface area contributed by atoms with Crippen LogP contribution in [0.1, 0.15) is 46.0 Å². The molecule has 1 saturated heterocycles. The third kappa shape index (κ3) is 3.51. The lowest BCUT2D eigenvalue weighted by atomic mass is 9.96. The molecule has 1 aliphatic heterocycles. The SMILES string of the molecule is CC(NC1CCCC1C)C(=O)N1CCC(C(N)=O)CC1. The monoisotopic (exact) mass is 281 g/mol. The van der Waals surface area contributed by atoms with E-state index >= 15 is 0 Å². The van der Waals surface area contributed by atoms with Gasteiger partial charge in [-0.15, -0.1) is 0 Å². The lowest BCUT2D eigenvalue weighted by Gasteiger charge is -2.33. The van der Waals surface area contributed by atoms with Crippen LogP contribution < -0.4 is 11.1 Å². The Morgan fingerprint density at radius 2 is 1.85 bits per heavy atom. The van der Waals surface area contributed by atoms with Crippen molar-refractivity contribution in [3.05, 3.63) is 0 Å². The fourth-order valence-corrected chi connectivity index (χ4v) is 3.44. The number of likely N-dealkylation sites (tertiary alicyclic amines) is 1. The van der Waals surface area contributed by atoms with Gasteiger partial charge in [-0.05, 0) is 38.5 Å². The molecule has 3 unspecified atom stereocenters. The number of nitrogens with two attached hydrogens (primary N) is 1. The summed E-state index contributed by atoms with van der Waals surface area (Å²) in [4.78, 5) is 25.4. The summed E-state index contributed by atoms with van der Waals surface area (Å²) in [5.74, 6) is 0.526. The zero-order valence-corrected chi connectivity index (χ0v) is 12.6. The maximum atomic E-state index is 12.4. The zero-order valence-electron chi connectivity index (χ0n) is 12.6. The van der Waals surface area contributed by atoms with Crippen LogP contribution in [0.5, 0.6) is 0 Å². The van der Waals surface area contributed by atoms with Crippen molar-refractivity contribution in [3.63, 3.8) is 0 Å². The highest BCUT2D eigenvalue weighted by molar-refractivity contribution is 5.82. The third-order valence-electron chi connectivity index (χ3n) is 4.90. The van der Waals surface area contributed by atoms with Crippen LogP contribution in [0.4, 0.5) is 0 Å². The van der Waals surface area contributed by atoms with E-state index in [1.165, 1.54) is 19.3 Å². The lowest BCUT2D eigenvalue weighted by Crippen LogP contribution is -2.51. The molecule has 5 nitrogen and oxygen atoms in total. The minimum Gasteiger partial charge on any atom is -0.369 e. The number of primary amides is 1. The summed E-state index contributed by atoms with van der Waals surface area (Å²) in [6, 6.07) is 0.336. The maximum Gasteiger partial charge on any atom is 0.239 e. The van der Waals surface area contributed by atoms with Gasteiger partial charge in [0.15, 0.2) is 0 Å². The summed E-state index contributed by atoms with van der Waals surface area (Å²) in [5, 5.41) is 3.48. The predicted octanol–water partition coefficient (Wildman–Crippen LogP) is 0.877. The molecule has 1 aliphatic carbocycles. The molecule has 0 aromatic rings. The van der Waals surface area contributed by atoms with Crippen LogP contribution in [-0.2, 0) is 9.59 Å². The predicted molar refractivity (Wildman–Crippen MR) is 77.9 cm³/mol. The molecule has 2 fully saturated rings. The van der Waals surface area contributed by atoms with E-state index in [0.717, 1.165) is 0 Å². The van der Waals surface area contributed by atoms with Crippen LogP contribution in [0.25, 0.3) is 0 Å². The molecule has 0 aromatic heterocycles. The normalized spacial score (nSPS) is 29.4. The average Bonchev–Trinajstić information content (AvgIpc) is 2.83. The minimum atomic E-state index is -0.233. The van der Waals surface area contributed by atoms with Crippen molar-refractivity contribution in [1.29, 1.82) is 0 Å². The van der Waals surface area contributed by atoms with E-state index in [1.807, 2.05) is 11.8 Å². The lowest BCUT2D eigenvalue weighted by molar-refractivity contribution is -0.136. The van der Waals surface area contributed by atoms with Crippen molar-refractivity contribution >= 4 is 11.8 Å². The molecule has 2 aliphatic rings. The van der Waals surface area contributed by atoms with Crippen molar-refractivity contribution in [2.45, 2.75) is 58.0 Å². The molecule has 0 radical (unpaired) electrons. The molecular weight excluding hydrogens is 254 g/mol. The molecule has 0 spiro atoms. The number of amides is 2. The number of rotatable bonds is 4. The molecule has 114 valence electrons. The smallest absolute Gasteiger partial charge is 0.239 e. The van der Waals surface area contributed by atoms with Gasteiger partial charge in [0.2, 0.25) is 11.8 Å². The molecule has 3 N–H and O–H groups in total. The van der Waals surface area contributed by atoms with Gasteiger partial charge in [0, 0.05) is 25.0 Å². The first-order valence-corrected chi connectivity index (χ1v) is 7.83. The van der Waals surface area contributed by atoms with Gasteiger partial charge in [0.05, 0.1) is 6.04 Å². The second-order valence-corrected chi connectivity index (χ2v) is 6.40. The quantitative estimate of drug-likeness (QED) is 0.803. The van der Waals surface area contributed by atoms with Crippen LogP contribution in [0.3, 0.4) is 0 Å². The Morgan fingerprint density at radius 3 is 2.35 bits per heavy atom. The van der Waals surface area contributed by atoms with Crippen molar-refractivity contribution < 1.29 is 9.59 Å². The summed E-state index contributed by atoms with van der Waals surface area (Å²) in [6.45, 7) is 5.51. The topological polar surface area (TPSA) is 75.4 Å². The molecule has 2 amide bonds. The first-order valence-electron chi connectivity index (χ1n) is 7.83. The Hall–Kier alpha value is -1.10. The van der Waals surface area contributed by atoms with E-state index in [9.17, 15) is 9.59 Å². The van der Waals surface area contributed by atoms with Gasteiger partial charge < -0.3 is 16.0 Å². The second-order valence-electron chi connectivity index (χ2n) is 6.40. The summed E-state index contributed by atoms with van der Waals surface area (Å²) < 4.78 is 0. The van der Waals surface area contributed by atoms with Crippen LogP contribution in [0.2, 0.25) is 0 Å². The Balaban J connectivity index is 1.80. The number of hydrogen-bond acceptors (Lipinski definition) is 3. The van der Waals surface area contributed by atoms with Gasteiger partial charge in [0.25, 0.3) is 0 Å². The summed E-state index contributed by atoms with van der Waals surface area (Å²) in [5.41, 5.74) is 5.32. The van der Waals surface area contributed by atoms with Crippen molar-refractivity contribution in [2.75, 3.05) is 13.1 Å². The van der Waals surface area contributed by atoms with Gasteiger partial charge in [-0.3, -0.25) is 9.59 Å². The Labute approximate surface area is 121 Å². The number of piperidine rings is 1. The van der Waals surface area contributed by atoms with Crippen molar-refractivity contribution in [3.8, 4) is 0 Å². The van der Waals surface area contributed by atoms with Gasteiger partial charge in [0.1, 0.15) is 0 Å². The molecule has 1 heterocycles. The fourth-order valence-electron chi connectivity index (χ4n) is 3.44. The average molecular weight is 281 g/mol. The number of hydrogen-bond donors (Lipinski definition) is 2. The third-order valence-corrected chi connectivity index (χ3v) is 4.90. The van der Waals surface area contributed by atoms with E-state index in [4.69, 9.17) is 5.73 Å². The van der Waals surface area contributed by atoms with E-state index in [2.05, 4.69) is 12.2 Å². The Kier molecular flexibility index (Phi) is 5.02. The molecule has 0 bridgehead atoms. The minimum absolute atomic E-state index is 0.0582. The summed E-state index contributed by atoms with van der Waals surface area (Å²) in [7, 11) is 0. The standard InChI is InChI=1S/C15H27N3O2/c1-10-4-3-5-13(10)17-11(2)15(20)18-8-6-12(7-9-18)14(16)19/h10-13,17H,3-9H2,1-2H3,(H2,16,19). The maximum absolute atomic E-state index is 12.4. The van der Waals surface area contributed by atoms with E-state index < -0.39 is 0 Å². The number of carbonyl (C=O) groups excluding carboxylic acids is 2. The first-order chi connectivity index (χ1) is 9.49. The van der Waals surface area contributed by atoms with Gasteiger partial charge in [-0.2, -0.15) is 0 Å². The first kappa shape index (κ1) is 15.3. The van der Waals surface area contributed by atoms with E-state index in [0.29, 0.717) is 37.9 Å². The fraction of sp³-hybridized carbons (Fsp3) is 0.867. The second kappa shape index (κ2) is 6.57. The van der Waals surface area contributed by atoms with E-state index in [-0.39, 0.29) is 23.8 Å². The van der Waals surface area contributed by atoms with Crippen molar-refractivity contribution in [2.24, 2.45) is 17.6 Å². The molecule has 5 heteroatoms. The van der Waals surface area contributed by atoms with Gasteiger partial charge in [-0.25, -0.2) is 0 Å². The van der Waals surface area contributed by atoms with Crippen LogP contribution >= 0.6 is 0 Å². The Morgan fingerprint density at radius 1 is 1.20 bits per heavy atom. The van der Waals surface area contributed by atoms with Crippen molar-refractivity contribution in [1.82, 2.24) is 10.2 Å². The number of carbonyl (C=O) groups is 2. The number of nitrogens with zero attached hydrogens (tertiary/aromatic N) is 1. The zero-order chi connectivity index (χ0) is 14.7. The Bertz CT molecular complexity index is 364. The van der Waals surface area contributed by atoms with Crippen LogP contribution in [-0.4, -0.2) is 41.9 Å². The van der Waals surface area contributed by atoms with Crippen LogP contribution in [0.15, 0.2) is 0 Å². The molecule has 3 atom stereocenters. The highest BCUT2D eigenvalue weighted by Crippen LogP contribution is 2.25. The van der Waals surface area contributed by atoms with Gasteiger partial charge >= 0.3 is 0 Å². The largest absolute Gasteiger partial charge is 0.369 e. The van der Waals surface area contributed by atoms with E-state index in [1.54, 1.807) is 0 Å². The number of nitrogens with one attached hydrogen (secondary N) is 1. The molecule has 0 aromatic carbocycles. The summed E-state index contributed by atoms with van der Waals surface area (Å²) in [6.07, 6.45) is 5.08. The molecule has 1 saturated carbocycles. The molecule has 2 rings (SSSR count). The summed E-state index contributed by atoms with van der Waals surface area (Å²) >= 11 is 0. The molecule has 20 heavy (non-hydrogen) atoms. The van der Waals surface area contributed by atoms with Gasteiger partial charge in [-0.1, -0.05) is 13.3 Å².